The summed E-state index contributed by atoms with van der Waals surface area (Å²) in [6.45, 7) is 8.24. The highest BCUT2D eigenvalue weighted by atomic mass is 16.5. The largest absolute Gasteiger partial charge is 0.489 e. The highest BCUT2D eigenvalue weighted by molar-refractivity contribution is 6.46. The molecule has 1 aromatic carbocycles. The van der Waals surface area contributed by atoms with Crippen molar-refractivity contribution in [2.75, 3.05) is 0 Å². The van der Waals surface area contributed by atoms with E-state index >= 15 is 0 Å². The van der Waals surface area contributed by atoms with Crippen LogP contribution in [-0.4, -0.2) is 11.6 Å². The molecular weight excluding hydrogens is 288 g/mol. The molecule has 0 spiro atoms. The standard InChI is InChI=1S/C20H22O3/c1-11-10-23-20(4)14-8-7-13-12(6-5-9-19(13,2)3)15(14)17(21)18(22)16(11)20/h7-8,10,16H,5-6,9H2,1-4H3. The molecule has 120 valence electrons. The van der Waals surface area contributed by atoms with Crippen LogP contribution in [0.3, 0.4) is 0 Å². The molecule has 3 heteroatoms. The van der Waals surface area contributed by atoms with E-state index in [2.05, 4.69) is 19.9 Å². The van der Waals surface area contributed by atoms with E-state index in [1.807, 2.05) is 19.9 Å². The van der Waals surface area contributed by atoms with Gasteiger partial charge in [-0.15, -0.1) is 0 Å². The lowest BCUT2D eigenvalue weighted by atomic mass is 9.64. The van der Waals surface area contributed by atoms with Crippen molar-refractivity contribution in [2.24, 2.45) is 5.92 Å². The minimum absolute atomic E-state index is 0.0500. The van der Waals surface area contributed by atoms with Gasteiger partial charge in [0, 0.05) is 11.1 Å². The summed E-state index contributed by atoms with van der Waals surface area (Å²) in [5, 5.41) is 0. The lowest BCUT2D eigenvalue weighted by Gasteiger charge is -2.40. The predicted octanol–water partition coefficient (Wildman–Crippen LogP) is 3.83. The average molecular weight is 310 g/mol. The van der Waals surface area contributed by atoms with E-state index in [4.69, 9.17) is 4.74 Å². The van der Waals surface area contributed by atoms with E-state index in [0.29, 0.717) is 5.56 Å². The van der Waals surface area contributed by atoms with Crippen LogP contribution in [0.5, 0.6) is 0 Å². The van der Waals surface area contributed by atoms with Crippen LogP contribution in [0, 0.1) is 5.92 Å². The number of carbonyl (C=O) groups excluding carboxylic acids is 2. The third-order valence-corrected chi connectivity index (χ3v) is 6.01. The molecule has 23 heavy (non-hydrogen) atoms. The summed E-state index contributed by atoms with van der Waals surface area (Å²) in [5.74, 6) is -1.12. The molecule has 0 bridgehead atoms. The Morgan fingerprint density at radius 1 is 1.13 bits per heavy atom. The van der Waals surface area contributed by atoms with Gasteiger partial charge in [-0.3, -0.25) is 9.59 Å². The Balaban J connectivity index is 2.01. The molecule has 0 amide bonds. The molecule has 4 rings (SSSR count). The van der Waals surface area contributed by atoms with E-state index < -0.39 is 11.5 Å². The molecule has 0 N–H and O–H groups in total. The first-order chi connectivity index (χ1) is 10.8. The van der Waals surface area contributed by atoms with Gasteiger partial charge in [0.2, 0.25) is 11.6 Å². The average Bonchev–Trinajstić information content (AvgIpc) is 2.80. The van der Waals surface area contributed by atoms with E-state index in [-0.39, 0.29) is 17.0 Å². The SMILES string of the molecule is CC1=COC2(C)c3ccc4c(c3C(=O)C(=O)C12)CCCC4(C)C. The summed E-state index contributed by atoms with van der Waals surface area (Å²) < 4.78 is 5.91. The maximum atomic E-state index is 12.9. The third-order valence-electron chi connectivity index (χ3n) is 6.01. The Labute approximate surface area is 136 Å². The van der Waals surface area contributed by atoms with Gasteiger partial charge >= 0.3 is 0 Å². The molecule has 3 nitrogen and oxygen atoms in total. The van der Waals surface area contributed by atoms with Gasteiger partial charge in [-0.25, -0.2) is 0 Å². The first-order valence-corrected chi connectivity index (χ1v) is 8.37. The molecule has 3 aliphatic rings. The molecule has 2 aliphatic carbocycles. The van der Waals surface area contributed by atoms with Crippen molar-refractivity contribution in [1.82, 2.24) is 0 Å². The smallest absolute Gasteiger partial charge is 0.230 e. The summed E-state index contributed by atoms with van der Waals surface area (Å²) in [5.41, 5.74) is 3.96. The number of carbonyl (C=O) groups is 2. The highest BCUT2D eigenvalue weighted by Crippen LogP contribution is 2.51. The number of hydrogen-bond donors (Lipinski definition) is 0. The Bertz CT molecular complexity index is 784. The van der Waals surface area contributed by atoms with Crippen molar-refractivity contribution in [3.63, 3.8) is 0 Å². The Hall–Kier alpha value is -1.90. The quantitative estimate of drug-likeness (QED) is 0.684. The van der Waals surface area contributed by atoms with Gasteiger partial charge in [0.25, 0.3) is 0 Å². The molecule has 1 aliphatic heterocycles. The molecule has 1 heterocycles. The maximum Gasteiger partial charge on any atom is 0.230 e. The van der Waals surface area contributed by atoms with Crippen LogP contribution in [0.4, 0.5) is 0 Å². The summed E-state index contributed by atoms with van der Waals surface area (Å²) in [4.78, 5) is 25.7. The molecule has 0 fully saturated rings. The van der Waals surface area contributed by atoms with Gasteiger partial charge in [-0.05, 0) is 55.2 Å². The topological polar surface area (TPSA) is 43.4 Å². The summed E-state index contributed by atoms with van der Waals surface area (Å²) in [6.07, 6.45) is 4.68. The molecule has 0 radical (unpaired) electrons. The van der Waals surface area contributed by atoms with Crippen LogP contribution < -0.4 is 0 Å². The first kappa shape index (κ1) is 14.7. The van der Waals surface area contributed by atoms with Crippen molar-refractivity contribution in [3.8, 4) is 0 Å². The van der Waals surface area contributed by atoms with Crippen molar-refractivity contribution >= 4 is 11.6 Å². The number of Topliss-reactive ketones (excluding diaryl/α,β-unsaturated/α-hetero) is 2. The number of hydrogen-bond acceptors (Lipinski definition) is 3. The molecule has 2 atom stereocenters. The van der Waals surface area contributed by atoms with Crippen LogP contribution in [0.15, 0.2) is 24.0 Å². The zero-order valence-corrected chi connectivity index (χ0v) is 14.2. The number of ketones is 2. The second-order valence-corrected chi connectivity index (χ2v) is 7.96. The maximum absolute atomic E-state index is 12.9. The number of benzene rings is 1. The normalized spacial score (nSPS) is 31.0. The van der Waals surface area contributed by atoms with Crippen LogP contribution in [0.25, 0.3) is 0 Å². The molecule has 2 unspecified atom stereocenters. The monoisotopic (exact) mass is 310 g/mol. The molecule has 1 aromatic rings. The lowest BCUT2D eigenvalue weighted by Crippen LogP contribution is -2.46. The van der Waals surface area contributed by atoms with Crippen molar-refractivity contribution < 1.29 is 14.3 Å². The Morgan fingerprint density at radius 3 is 2.57 bits per heavy atom. The molecular formula is C20H22O3. The van der Waals surface area contributed by atoms with Crippen molar-refractivity contribution in [1.29, 1.82) is 0 Å². The van der Waals surface area contributed by atoms with Crippen LogP contribution >= 0.6 is 0 Å². The predicted molar refractivity (Wildman–Crippen MR) is 87.4 cm³/mol. The molecule has 0 saturated heterocycles. The zero-order valence-electron chi connectivity index (χ0n) is 14.2. The lowest BCUT2D eigenvalue weighted by molar-refractivity contribution is -0.124. The summed E-state index contributed by atoms with van der Waals surface area (Å²) in [7, 11) is 0. The minimum Gasteiger partial charge on any atom is -0.489 e. The van der Waals surface area contributed by atoms with Crippen LogP contribution in [-0.2, 0) is 27.0 Å². The fourth-order valence-electron chi connectivity index (χ4n) is 4.77. The van der Waals surface area contributed by atoms with Gasteiger partial charge in [0.15, 0.2) is 0 Å². The third kappa shape index (κ3) is 1.71. The van der Waals surface area contributed by atoms with E-state index in [1.54, 1.807) is 6.26 Å². The van der Waals surface area contributed by atoms with Crippen LogP contribution in [0.1, 0.15) is 67.6 Å². The van der Waals surface area contributed by atoms with Crippen molar-refractivity contribution in [2.45, 2.75) is 58.0 Å². The van der Waals surface area contributed by atoms with Gasteiger partial charge in [-0.1, -0.05) is 26.0 Å². The second-order valence-electron chi connectivity index (χ2n) is 7.96. The zero-order chi connectivity index (χ0) is 16.6. The summed E-state index contributed by atoms with van der Waals surface area (Å²) in [6, 6.07) is 4.17. The Kier molecular flexibility index (Phi) is 2.77. The minimum atomic E-state index is -0.735. The van der Waals surface area contributed by atoms with Gasteiger partial charge < -0.3 is 4.74 Å². The van der Waals surface area contributed by atoms with Gasteiger partial charge in [0.1, 0.15) is 5.60 Å². The fraction of sp³-hybridized carbons (Fsp3) is 0.500. The molecule has 0 aromatic heterocycles. The van der Waals surface area contributed by atoms with E-state index in [0.717, 1.165) is 36.0 Å². The highest BCUT2D eigenvalue weighted by Gasteiger charge is 2.55. The second kappa shape index (κ2) is 4.34. The fourth-order valence-corrected chi connectivity index (χ4v) is 4.77. The number of fused-ring (bicyclic) bond motifs is 5. The Morgan fingerprint density at radius 2 is 1.83 bits per heavy atom. The number of rotatable bonds is 0. The van der Waals surface area contributed by atoms with E-state index in [1.165, 1.54) is 5.56 Å². The summed E-state index contributed by atoms with van der Waals surface area (Å²) >= 11 is 0. The van der Waals surface area contributed by atoms with Gasteiger partial charge in [-0.2, -0.15) is 0 Å². The molecule has 0 saturated carbocycles. The first-order valence-electron chi connectivity index (χ1n) is 8.37. The number of ether oxygens (including phenoxy) is 1. The van der Waals surface area contributed by atoms with E-state index in [9.17, 15) is 9.59 Å². The van der Waals surface area contributed by atoms with Crippen molar-refractivity contribution in [3.05, 3.63) is 46.2 Å². The van der Waals surface area contributed by atoms with Gasteiger partial charge in [0.05, 0.1) is 12.2 Å². The van der Waals surface area contributed by atoms with Crippen LogP contribution in [0.2, 0.25) is 0 Å².